The molecule has 0 atom stereocenters. The van der Waals surface area contributed by atoms with Crippen molar-refractivity contribution >= 4 is 149 Å². The third-order valence-electron chi connectivity index (χ3n) is 30.6. The number of thiophene rings is 2. The van der Waals surface area contributed by atoms with Crippen LogP contribution in [0.3, 0.4) is 0 Å². The fraction of sp³-hybridized carbons (Fsp3) is 0.0615. The van der Waals surface area contributed by atoms with Gasteiger partial charge in [-0.15, -0.1) is 22.7 Å². The fourth-order valence-corrected chi connectivity index (χ4v) is 27.7. The molecule has 0 radical (unpaired) electrons. The molecule has 0 saturated carbocycles. The molecule has 31 rings (SSSR count). The molecule has 616 valence electrons. The van der Waals surface area contributed by atoms with Crippen LogP contribution in [0.1, 0.15) is 91.7 Å². The van der Waals surface area contributed by atoms with Gasteiger partial charge in [0, 0.05) is 56.5 Å². The summed E-state index contributed by atoms with van der Waals surface area (Å²) in [5.41, 5.74) is 39.1. The van der Waals surface area contributed by atoms with E-state index in [1.165, 1.54) is 282 Å². The molecule has 0 N–H and O–H groups in total. The molecular formula is C130H84S2. The number of rotatable bonds is 3. The van der Waals surface area contributed by atoms with E-state index in [-0.39, 0.29) is 10.8 Å². The molecule has 0 bridgehead atoms. The number of hydrogen-bond donors (Lipinski definition) is 0. The lowest BCUT2D eigenvalue weighted by Crippen LogP contribution is -2.28. The Balaban J connectivity index is 0.0000000888. The van der Waals surface area contributed by atoms with E-state index in [0.29, 0.717) is 0 Å². The molecule has 2 aromatic heterocycles. The third-order valence-corrected chi connectivity index (χ3v) is 33.0. The summed E-state index contributed by atoms with van der Waals surface area (Å²) in [6.45, 7) is 4.74. The minimum absolute atomic E-state index is 0.0310. The Labute approximate surface area is 773 Å². The molecule has 6 aliphatic carbocycles. The van der Waals surface area contributed by atoms with Crippen molar-refractivity contribution in [3.63, 3.8) is 0 Å². The van der Waals surface area contributed by atoms with Crippen molar-refractivity contribution < 1.29 is 0 Å². The average molecular weight is 1710 g/mol. The van der Waals surface area contributed by atoms with Crippen molar-refractivity contribution in [3.8, 4) is 77.9 Å². The van der Waals surface area contributed by atoms with Crippen LogP contribution in [0.15, 0.2) is 425 Å². The average Bonchev–Trinajstić information content (AvgIpc) is 1.51. The monoisotopic (exact) mass is 1710 g/mol. The van der Waals surface area contributed by atoms with Crippen molar-refractivity contribution in [3.05, 3.63) is 503 Å². The van der Waals surface area contributed by atoms with Gasteiger partial charge in [0.05, 0.1) is 5.41 Å². The van der Waals surface area contributed by atoms with E-state index in [9.17, 15) is 0 Å². The molecule has 0 amide bonds. The van der Waals surface area contributed by atoms with Crippen molar-refractivity contribution in [2.45, 2.75) is 50.4 Å². The van der Waals surface area contributed by atoms with Gasteiger partial charge >= 0.3 is 0 Å². The normalized spacial score (nSPS) is 13.7. The van der Waals surface area contributed by atoms with E-state index in [4.69, 9.17) is 0 Å². The first-order valence-corrected chi connectivity index (χ1v) is 48.2. The van der Waals surface area contributed by atoms with E-state index in [1.54, 1.807) is 0 Å². The standard InChI is InChI=1S/C40H26.C33H20S.C30H22.C27H16S/c1-3-14-27(15-4-1)40(28-16-5-2-6-17-28)35-22-12-11-21-33(35)39-36(40)24-23-32-34-25-26-13-7-8-18-29(26)37(34)30-19-9-10-20-31(30)38(32)39;1-2-10-20(11-3-1)26-19-28-31(27-18-21-12-4-5-13-22(21)30(26)27)23-14-6-7-15-24(23)33-32(28)25-16-8-9-17-29(25)34-33;1-30(2)25-14-8-7-13-23(25)29-26(30)16-15-22-24-17-18-9-3-4-10-19(18)27(24)20-11-5-6-12-21(20)28(22)29;1-2-8-17-16(7-1)15-23-18(17)13-14-22-25(23)19-9-3-4-10-20(19)27-26(22)21-11-5-6-12-24(21)28-27/h1-24H,25H2;1-17,19H,18H2;3-16H,17H2,1-2H3;1-14H,15H2. The van der Waals surface area contributed by atoms with Crippen LogP contribution in [0.25, 0.3) is 204 Å². The number of hydrogen-bond acceptors (Lipinski definition) is 2. The molecule has 2 heterocycles. The van der Waals surface area contributed by atoms with Gasteiger partial charge in [-0.2, -0.15) is 0 Å². The minimum Gasteiger partial charge on any atom is -0.135 e. The van der Waals surface area contributed by atoms with Crippen molar-refractivity contribution in [2.75, 3.05) is 0 Å². The van der Waals surface area contributed by atoms with E-state index < -0.39 is 0 Å². The van der Waals surface area contributed by atoms with Crippen LogP contribution in [0.5, 0.6) is 0 Å². The van der Waals surface area contributed by atoms with Gasteiger partial charge in [0.2, 0.25) is 0 Å². The molecule has 0 spiro atoms. The van der Waals surface area contributed by atoms with Gasteiger partial charge in [-0.05, 0) is 275 Å². The molecule has 0 nitrogen and oxygen atoms in total. The van der Waals surface area contributed by atoms with Gasteiger partial charge in [0.1, 0.15) is 0 Å². The molecule has 132 heavy (non-hydrogen) atoms. The maximum atomic E-state index is 2.49. The predicted molar refractivity (Wildman–Crippen MR) is 565 cm³/mol. The Morgan fingerprint density at radius 3 is 1.08 bits per heavy atom. The summed E-state index contributed by atoms with van der Waals surface area (Å²) in [5.74, 6) is 0. The van der Waals surface area contributed by atoms with E-state index in [1.807, 2.05) is 22.7 Å². The number of benzene rings is 23. The van der Waals surface area contributed by atoms with Gasteiger partial charge in [0.15, 0.2) is 0 Å². The largest absolute Gasteiger partial charge is 0.135 e. The van der Waals surface area contributed by atoms with Crippen molar-refractivity contribution in [2.24, 2.45) is 0 Å². The lowest BCUT2D eigenvalue weighted by atomic mass is 9.67. The highest BCUT2D eigenvalue weighted by Gasteiger charge is 2.48. The zero-order valence-electron chi connectivity index (χ0n) is 73.1. The van der Waals surface area contributed by atoms with Crippen molar-refractivity contribution in [1.82, 2.24) is 0 Å². The second-order valence-corrected chi connectivity index (χ2v) is 39.5. The van der Waals surface area contributed by atoms with Gasteiger partial charge in [-0.1, -0.05) is 420 Å². The summed E-state index contributed by atoms with van der Waals surface area (Å²) in [4.78, 5) is 0. The molecule has 25 aromatic rings. The Bertz CT molecular complexity index is 9260. The van der Waals surface area contributed by atoms with E-state index in [2.05, 4.69) is 438 Å². The highest BCUT2D eigenvalue weighted by Crippen LogP contribution is 2.62. The van der Waals surface area contributed by atoms with Crippen LogP contribution >= 0.6 is 22.7 Å². The Kier molecular flexibility index (Phi) is 16.6. The molecule has 0 unspecified atom stereocenters. The lowest BCUT2D eigenvalue weighted by molar-refractivity contribution is 0.661. The molecule has 2 heteroatoms. The van der Waals surface area contributed by atoms with Crippen LogP contribution in [-0.4, -0.2) is 0 Å². The highest BCUT2D eigenvalue weighted by molar-refractivity contribution is 7.27. The zero-order valence-corrected chi connectivity index (χ0v) is 74.7. The molecular weight excluding hydrogens is 1630 g/mol. The van der Waals surface area contributed by atoms with Gasteiger partial charge < -0.3 is 0 Å². The third kappa shape index (κ3) is 10.7. The Morgan fingerprint density at radius 1 is 0.189 bits per heavy atom. The fourth-order valence-electron chi connectivity index (χ4n) is 25.2. The first kappa shape index (κ1) is 75.5. The SMILES string of the molecule is CC1(C)c2ccccc2-c2c1ccc1c3c(c4ccccc4c21)-c1ccccc1C3.c1ccc(-c2cc3c(c4c2-c2ccccc2C4)c2ccccc2c2sc4ccccc4c32)cc1.c1ccc(C2(c3ccccc3)c3ccccc3-c3c2ccc2c4c(c5ccccc5c32)-c2ccccc2C4)cc1.c1ccc2c(c1)Cc1c-2ccc2c1c1ccccc1c1sc3ccccc3c21. The van der Waals surface area contributed by atoms with Gasteiger partial charge in [-0.25, -0.2) is 0 Å². The summed E-state index contributed by atoms with van der Waals surface area (Å²) in [7, 11) is 0. The van der Waals surface area contributed by atoms with E-state index >= 15 is 0 Å². The molecule has 0 aliphatic heterocycles. The molecule has 0 saturated heterocycles. The number of fused-ring (bicyclic) bond motifs is 48. The van der Waals surface area contributed by atoms with Crippen LogP contribution in [-0.2, 0) is 36.5 Å². The quantitative estimate of drug-likeness (QED) is 0.155. The van der Waals surface area contributed by atoms with Gasteiger partial charge in [0.25, 0.3) is 0 Å². The van der Waals surface area contributed by atoms with Crippen molar-refractivity contribution in [1.29, 1.82) is 0 Å². The second-order valence-electron chi connectivity index (χ2n) is 37.4. The van der Waals surface area contributed by atoms with Crippen LogP contribution in [0, 0.1) is 0 Å². The van der Waals surface area contributed by atoms with Gasteiger partial charge in [-0.3, -0.25) is 0 Å². The first-order chi connectivity index (χ1) is 65.3. The van der Waals surface area contributed by atoms with E-state index in [0.717, 1.165) is 25.7 Å². The summed E-state index contributed by atoms with van der Waals surface area (Å²) >= 11 is 3.85. The summed E-state index contributed by atoms with van der Waals surface area (Å²) in [6.07, 6.45) is 4.02. The molecule has 6 aliphatic rings. The Morgan fingerprint density at radius 2 is 0.545 bits per heavy atom. The molecule has 0 fully saturated rings. The van der Waals surface area contributed by atoms with Crippen LogP contribution in [0.4, 0.5) is 0 Å². The maximum absolute atomic E-state index is 2.49. The minimum atomic E-state index is -0.383. The maximum Gasteiger partial charge on any atom is 0.0713 e. The second kappa shape index (κ2) is 29.0. The zero-order chi connectivity index (χ0) is 86.8. The highest BCUT2D eigenvalue weighted by atomic mass is 32.1. The topological polar surface area (TPSA) is 0 Å². The first-order valence-electron chi connectivity index (χ1n) is 46.6. The Hall–Kier alpha value is -15.4. The molecule has 23 aromatic carbocycles. The predicted octanol–water partition coefficient (Wildman–Crippen LogP) is 35.3. The smallest absolute Gasteiger partial charge is 0.0713 e. The van der Waals surface area contributed by atoms with Crippen LogP contribution < -0.4 is 0 Å². The summed E-state index contributed by atoms with van der Waals surface area (Å²) in [5, 5.41) is 27.9. The lowest BCUT2D eigenvalue weighted by Gasteiger charge is -2.34. The van der Waals surface area contributed by atoms with Crippen LogP contribution in [0.2, 0.25) is 0 Å². The summed E-state index contributed by atoms with van der Waals surface area (Å²) < 4.78 is 5.55. The summed E-state index contributed by atoms with van der Waals surface area (Å²) in [6, 6.07) is 158.